The molecule has 0 N–H and O–H groups in total. The Labute approximate surface area is 149 Å². The van der Waals surface area contributed by atoms with Gasteiger partial charge in [-0.3, -0.25) is 4.79 Å². The molecule has 1 saturated carbocycles. The molecular weight excluding hydrogens is 314 g/mol. The summed E-state index contributed by atoms with van der Waals surface area (Å²) in [6.45, 7) is 2.78. The van der Waals surface area contributed by atoms with Crippen LogP contribution in [-0.4, -0.2) is 28.0 Å². The molecule has 1 heterocycles. The Morgan fingerprint density at radius 2 is 1.92 bits per heavy atom. The van der Waals surface area contributed by atoms with E-state index in [1.54, 1.807) is 4.90 Å². The van der Waals surface area contributed by atoms with E-state index in [-0.39, 0.29) is 17.7 Å². The van der Waals surface area contributed by atoms with E-state index in [2.05, 4.69) is 17.1 Å². The first-order valence-corrected chi connectivity index (χ1v) is 9.24. The van der Waals surface area contributed by atoms with E-state index in [1.165, 1.54) is 19.3 Å². The van der Waals surface area contributed by atoms with Gasteiger partial charge in [0, 0.05) is 19.0 Å². The monoisotopic (exact) mass is 341 g/mol. The van der Waals surface area contributed by atoms with E-state index in [9.17, 15) is 4.79 Å². The van der Waals surface area contributed by atoms with Crippen molar-refractivity contribution in [3.63, 3.8) is 0 Å². The molecule has 25 heavy (non-hydrogen) atoms. The number of benzene rings is 1. The van der Waals surface area contributed by atoms with Crippen LogP contribution in [-0.2, 0) is 23.2 Å². The molecule has 134 valence electrons. The first kappa shape index (κ1) is 17.6. The van der Waals surface area contributed by atoms with Crippen LogP contribution in [0.2, 0.25) is 0 Å². The van der Waals surface area contributed by atoms with Gasteiger partial charge in [-0.1, -0.05) is 61.7 Å². The zero-order valence-corrected chi connectivity index (χ0v) is 15.2. The third-order valence-corrected chi connectivity index (χ3v) is 5.41. The van der Waals surface area contributed by atoms with Crippen molar-refractivity contribution in [1.82, 2.24) is 15.0 Å². The average molecular weight is 341 g/mol. The molecule has 0 unspecified atom stereocenters. The number of nitrogens with zero attached hydrogens (tertiary/aromatic N) is 3. The van der Waals surface area contributed by atoms with Gasteiger partial charge in [0.05, 0.1) is 6.42 Å². The maximum atomic E-state index is 12.5. The molecule has 1 aromatic carbocycles. The zero-order chi connectivity index (χ0) is 17.7. The molecule has 5 nitrogen and oxygen atoms in total. The summed E-state index contributed by atoms with van der Waals surface area (Å²) in [5.74, 6) is 1.23. The second-order valence-corrected chi connectivity index (χ2v) is 7.12. The van der Waals surface area contributed by atoms with Crippen molar-refractivity contribution in [1.29, 1.82) is 0 Å². The van der Waals surface area contributed by atoms with Crippen LogP contribution in [0.5, 0.6) is 0 Å². The van der Waals surface area contributed by atoms with Crippen molar-refractivity contribution in [2.75, 3.05) is 7.05 Å². The Morgan fingerprint density at radius 1 is 1.20 bits per heavy atom. The Balaban J connectivity index is 1.63. The summed E-state index contributed by atoms with van der Waals surface area (Å²) in [6, 6.07) is 9.97. The van der Waals surface area contributed by atoms with Gasteiger partial charge >= 0.3 is 0 Å². The largest absolute Gasteiger partial charge is 0.341 e. The van der Waals surface area contributed by atoms with Crippen molar-refractivity contribution in [2.24, 2.45) is 0 Å². The fraction of sp³-hybridized carbons (Fsp3) is 0.550. The summed E-state index contributed by atoms with van der Waals surface area (Å²) in [5, 5.41) is 4.08. The average Bonchev–Trinajstić information content (AvgIpc) is 3.12. The lowest BCUT2D eigenvalue weighted by molar-refractivity contribution is -0.129. The van der Waals surface area contributed by atoms with E-state index in [1.807, 2.05) is 37.4 Å². The van der Waals surface area contributed by atoms with Crippen LogP contribution in [0.1, 0.15) is 62.7 Å². The number of hydrogen-bond donors (Lipinski definition) is 0. The minimum atomic E-state index is 0.00500. The molecule has 0 spiro atoms. The van der Waals surface area contributed by atoms with Gasteiger partial charge in [0.1, 0.15) is 0 Å². The molecule has 0 saturated heterocycles. The molecule has 0 bridgehead atoms. The molecule has 1 fully saturated rings. The summed E-state index contributed by atoms with van der Waals surface area (Å²) < 4.78 is 5.57. The summed E-state index contributed by atoms with van der Waals surface area (Å²) >= 11 is 0. The fourth-order valence-electron chi connectivity index (χ4n) is 3.70. The van der Waals surface area contributed by atoms with Crippen LogP contribution in [0.25, 0.3) is 0 Å². The second-order valence-electron chi connectivity index (χ2n) is 7.12. The molecule has 0 aliphatic heterocycles. The van der Waals surface area contributed by atoms with Crippen molar-refractivity contribution >= 4 is 5.91 Å². The van der Waals surface area contributed by atoms with Crippen LogP contribution in [0.4, 0.5) is 0 Å². The predicted molar refractivity (Wildman–Crippen MR) is 96.0 cm³/mol. The Kier molecular flexibility index (Phi) is 5.51. The number of amides is 1. The maximum Gasteiger partial charge on any atom is 0.232 e. The number of rotatable bonds is 6. The van der Waals surface area contributed by atoms with Crippen molar-refractivity contribution in [3.05, 3.63) is 47.6 Å². The van der Waals surface area contributed by atoms with Gasteiger partial charge in [-0.05, 0) is 24.8 Å². The third-order valence-electron chi connectivity index (χ3n) is 5.41. The van der Waals surface area contributed by atoms with Gasteiger partial charge in [0.15, 0.2) is 5.82 Å². The van der Waals surface area contributed by atoms with Crippen LogP contribution in [0.3, 0.4) is 0 Å². The van der Waals surface area contributed by atoms with Gasteiger partial charge in [-0.25, -0.2) is 0 Å². The lowest BCUT2D eigenvalue weighted by Gasteiger charge is -2.32. The number of hydrogen-bond acceptors (Lipinski definition) is 4. The highest BCUT2D eigenvalue weighted by Crippen LogP contribution is 2.41. The normalized spacial score (nSPS) is 16.6. The van der Waals surface area contributed by atoms with E-state index in [0.717, 1.165) is 30.7 Å². The predicted octanol–water partition coefficient (Wildman–Crippen LogP) is 3.88. The molecule has 5 heteroatoms. The molecule has 0 atom stereocenters. The minimum Gasteiger partial charge on any atom is -0.341 e. The van der Waals surface area contributed by atoms with Gasteiger partial charge in [-0.15, -0.1) is 0 Å². The number of carbonyl (C=O) groups is 1. The maximum absolute atomic E-state index is 12.5. The van der Waals surface area contributed by atoms with Gasteiger partial charge < -0.3 is 9.42 Å². The summed E-state index contributed by atoms with van der Waals surface area (Å²) in [7, 11) is 1.81. The molecule has 1 aliphatic rings. The molecule has 1 aromatic heterocycles. The van der Waals surface area contributed by atoms with E-state index < -0.39 is 0 Å². The highest BCUT2D eigenvalue weighted by Gasteiger charge is 2.37. The van der Waals surface area contributed by atoms with Gasteiger partial charge in [0.25, 0.3) is 0 Å². The zero-order valence-electron chi connectivity index (χ0n) is 15.2. The van der Waals surface area contributed by atoms with Crippen LogP contribution in [0.15, 0.2) is 34.9 Å². The second kappa shape index (κ2) is 7.81. The Bertz CT molecular complexity index is 690. The number of carbonyl (C=O) groups excluding carboxylic acids is 1. The summed E-state index contributed by atoms with van der Waals surface area (Å²) in [6.07, 6.45) is 7.11. The molecule has 3 rings (SSSR count). The number of aromatic nitrogens is 2. The van der Waals surface area contributed by atoms with Crippen LogP contribution < -0.4 is 0 Å². The van der Waals surface area contributed by atoms with Gasteiger partial charge in [0.2, 0.25) is 11.8 Å². The number of likely N-dealkylation sites (N-methyl/N-ethyl adjacent to an activating group) is 1. The first-order valence-electron chi connectivity index (χ1n) is 9.24. The SMILES string of the molecule is CCC1(c2nc(CC(=O)N(C)Cc3ccccc3)no2)CCCCC1. The minimum absolute atomic E-state index is 0.00500. The summed E-state index contributed by atoms with van der Waals surface area (Å²) in [4.78, 5) is 18.7. The third kappa shape index (κ3) is 4.09. The highest BCUT2D eigenvalue weighted by atomic mass is 16.5. The molecule has 1 aliphatic carbocycles. The van der Waals surface area contributed by atoms with Crippen molar-refractivity contribution in [2.45, 2.75) is 63.8 Å². The molecular formula is C20H27N3O2. The smallest absolute Gasteiger partial charge is 0.232 e. The standard InChI is InChI=1S/C20H27N3O2/c1-3-20(12-8-5-9-13-20)19-21-17(22-25-19)14-18(24)23(2)15-16-10-6-4-7-11-16/h4,6-7,10-11H,3,5,8-9,12-15H2,1-2H3. The van der Waals surface area contributed by atoms with Crippen LogP contribution in [0, 0.1) is 0 Å². The fourth-order valence-corrected chi connectivity index (χ4v) is 3.70. The van der Waals surface area contributed by atoms with E-state index >= 15 is 0 Å². The quantitative estimate of drug-likeness (QED) is 0.800. The van der Waals surface area contributed by atoms with E-state index in [0.29, 0.717) is 12.4 Å². The Hall–Kier alpha value is -2.17. The lowest BCUT2D eigenvalue weighted by atomic mass is 9.72. The van der Waals surface area contributed by atoms with Crippen molar-refractivity contribution < 1.29 is 9.32 Å². The molecule has 1 amide bonds. The highest BCUT2D eigenvalue weighted by molar-refractivity contribution is 5.77. The first-order chi connectivity index (χ1) is 12.1. The lowest BCUT2D eigenvalue weighted by Crippen LogP contribution is -2.29. The van der Waals surface area contributed by atoms with Gasteiger partial charge in [-0.2, -0.15) is 4.98 Å². The molecule has 2 aromatic rings. The van der Waals surface area contributed by atoms with E-state index in [4.69, 9.17) is 4.52 Å². The summed E-state index contributed by atoms with van der Waals surface area (Å²) in [5.41, 5.74) is 1.13. The topological polar surface area (TPSA) is 59.2 Å². The van der Waals surface area contributed by atoms with Crippen LogP contribution >= 0.6 is 0 Å². The van der Waals surface area contributed by atoms with Crippen molar-refractivity contribution in [3.8, 4) is 0 Å². The Morgan fingerprint density at radius 3 is 2.60 bits per heavy atom. The molecule has 0 radical (unpaired) electrons.